The average molecular weight is 349 g/mol. The van der Waals surface area contributed by atoms with Gasteiger partial charge in [-0.05, 0) is 31.4 Å². The van der Waals surface area contributed by atoms with Crippen molar-refractivity contribution in [2.75, 3.05) is 12.8 Å². The lowest BCUT2D eigenvalue weighted by Crippen LogP contribution is -2.61. The van der Waals surface area contributed by atoms with E-state index in [1.165, 1.54) is 12.1 Å². The van der Waals surface area contributed by atoms with Crippen molar-refractivity contribution >= 4 is 15.7 Å². The monoisotopic (exact) mass is 349 g/mol. The summed E-state index contributed by atoms with van der Waals surface area (Å²) in [5.41, 5.74) is -2.03. The Morgan fingerprint density at radius 3 is 2.39 bits per heavy atom. The number of fused-ring (bicyclic) bond motifs is 1. The highest BCUT2D eigenvalue weighted by atomic mass is 32.2. The lowest BCUT2D eigenvalue weighted by atomic mass is 9.81. The molecule has 0 unspecified atom stereocenters. The Bertz CT molecular complexity index is 730. The maximum atomic E-state index is 13.8. The third kappa shape index (κ3) is 2.84. The molecule has 0 spiro atoms. The van der Waals surface area contributed by atoms with Crippen LogP contribution in [0.5, 0.6) is 0 Å². The second-order valence-electron chi connectivity index (χ2n) is 5.94. The van der Waals surface area contributed by atoms with Gasteiger partial charge in [-0.2, -0.15) is 13.2 Å². The molecule has 0 bridgehead atoms. The molecule has 1 aromatic carbocycles. The fraction of sp³-hybridized carbons (Fsp3) is 0.533. The maximum absolute atomic E-state index is 13.8. The first-order valence-corrected chi connectivity index (χ1v) is 9.01. The highest BCUT2D eigenvalue weighted by Crippen LogP contribution is 2.47. The molecule has 0 radical (unpaired) electrons. The Morgan fingerprint density at radius 1 is 1.30 bits per heavy atom. The van der Waals surface area contributed by atoms with Gasteiger partial charge in [-0.15, -0.1) is 0 Å². The Morgan fingerprint density at radius 2 is 1.87 bits per heavy atom. The van der Waals surface area contributed by atoms with Crippen LogP contribution in [0.25, 0.3) is 0 Å². The van der Waals surface area contributed by atoms with E-state index in [9.17, 15) is 26.4 Å². The van der Waals surface area contributed by atoms with Crippen molar-refractivity contribution in [2.45, 2.75) is 37.2 Å². The second-order valence-corrected chi connectivity index (χ2v) is 8.30. The predicted molar refractivity (Wildman–Crippen MR) is 79.6 cm³/mol. The first-order chi connectivity index (χ1) is 10.4. The van der Waals surface area contributed by atoms with Gasteiger partial charge in [-0.1, -0.05) is 24.3 Å². The van der Waals surface area contributed by atoms with Crippen LogP contribution in [0.4, 0.5) is 13.2 Å². The van der Waals surface area contributed by atoms with E-state index < -0.39 is 32.7 Å². The van der Waals surface area contributed by atoms with Crippen molar-refractivity contribution in [3.8, 4) is 0 Å². The molecule has 128 valence electrons. The molecule has 8 heteroatoms. The first kappa shape index (κ1) is 17.8. The smallest absolute Gasteiger partial charge is 0.323 e. The van der Waals surface area contributed by atoms with Crippen LogP contribution in [0.3, 0.4) is 0 Å². The minimum Gasteiger partial charge on any atom is -0.323 e. The van der Waals surface area contributed by atoms with Crippen LogP contribution in [-0.4, -0.2) is 43.5 Å². The Balaban J connectivity index is 2.60. The molecule has 0 aromatic heterocycles. The second kappa shape index (κ2) is 5.51. The van der Waals surface area contributed by atoms with Gasteiger partial charge in [0.15, 0.2) is 15.4 Å². The zero-order valence-corrected chi connectivity index (χ0v) is 13.8. The van der Waals surface area contributed by atoms with E-state index in [0.717, 1.165) is 20.1 Å². The average Bonchev–Trinajstić information content (AvgIpc) is 2.44. The van der Waals surface area contributed by atoms with E-state index in [4.69, 9.17) is 0 Å². The summed E-state index contributed by atoms with van der Waals surface area (Å²) in [5.74, 6) is -1.03. The summed E-state index contributed by atoms with van der Waals surface area (Å²) in [7, 11) is -3.78. The molecule has 0 fully saturated rings. The molecule has 1 aliphatic heterocycles. The topological polar surface area (TPSA) is 54.5 Å². The van der Waals surface area contributed by atoms with Crippen molar-refractivity contribution < 1.29 is 26.4 Å². The molecule has 0 aliphatic carbocycles. The summed E-state index contributed by atoms with van der Waals surface area (Å²) in [6.07, 6.45) is -3.63. The number of carbonyl (C=O) groups is 1. The highest BCUT2D eigenvalue weighted by molar-refractivity contribution is 7.92. The molecular weight excluding hydrogens is 331 g/mol. The van der Waals surface area contributed by atoms with Crippen molar-refractivity contribution in [1.82, 2.24) is 4.90 Å². The fourth-order valence-electron chi connectivity index (χ4n) is 2.85. The molecule has 0 saturated heterocycles. The number of amides is 1. The Kier molecular flexibility index (Phi) is 4.26. The number of nitrogens with zero attached hydrogens (tertiary/aromatic N) is 1. The van der Waals surface area contributed by atoms with Crippen LogP contribution in [0.1, 0.15) is 25.0 Å². The Hall–Kier alpha value is -1.57. The molecule has 0 saturated carbocycles. The molecule has 1 aliphatic rings. The molecule has 2 rings (SSSR count). The first-order valence-electron chi connectivity index (χ1n) is 7.06. The third-order valence-electron chi connectivity index (χ3n) is 4.49. The standard InChI is InChI=1S/C15H18F3NO3S/c1-10(23(3,21)22)13(20)19-9-8-11-6-4-5-7-12(11)14(19,2)15(16,17)18/h4-7,10H,8-9H2,1-3H3/t10-,14-/m1/s1. The van der Waals surface area contributed by atoms with Gasteiger partial charge >= 0.3 is 6.18 Å². The molecule has 4 nitrogen and oxygen atoms in total. The number of hydrogen-bond donors (Lipinski definition) is 0. The molecule has 1 amide bonds. The van der Waals surface area contributed by atoms with Gasteiger partial charge in [0.25, 0.3) is 0 Å². The lowest BCUT2D eigenvalue weighted by molar-refractivity contribution is -0.233. The fourth-order valence-corrected chi connectivity index (χ4v) is 3.35. The number of benzene rings is 1. The number of alkyl halides is 3. The molecule has 0 N–H and O–H groups in total. The summed E-state index contributed by atoms with van der Waals surface area (Å²) in [6.45, 7) is 1.87. The third-order valence-corrected chi connectivity index (χ3v) is 5.98. The summed E-state index contributed by atoms with van der Waals surface area (Å²) >= 11 is 0. The number of halogens is 3. The van der Waals surface area contributed by atoms with Crippen molar-refractivity contribution in [1.29, 1.82) is 0 Å². The minimum absolute atomic E-state index is 0.00667. The van der Waals surface area contributed by atoms with Gasteiger partial charge in [0, 0.05) is 12.8 Å². The van der Waals surface area contributed by atoms with Gasteiger partial charge < -0.3 is 4.90 Å². The summed E-state index contributed by atoms with van der Waals surface area (Å²) in [4.78, 5) is 13.1. The van der Waals surface area contributed by atoms with Crippen LogP contribution in [-0.2, 0) is 26.6 Å². The lowest BCUT2D eigenvalue weighted by Gasteiger charge is -2.47. The van der Waals surface area contributed by atoms with E-state index in [-0.39, 0.29) is 18.5 Å². The number of rotatable bonds is 2. The molecule has 23 heavy (non-hydrogen) atoms. The van der Waals surface area contributed by atoms with Crippen molar-refractivity contribution in [3.05, 3.63) is 35.4 Å². The van der Waals surface area contributed by atoms with E-state index in [1.807, 2.05) is 0 Å². The quantitative estimate of drug-likeness (QED) is 0.823. The number of sulfone groups is 1. The summed E-state index contributed by atoms with van der Waals surface area (Å²) in [5, 5.41) is -1.52. The van der Waals surface area contributed by atoms with Gasteiger partial charge in [-0.3, -0.25) is 4.79 Å². The number of hydrogen-bond acceptors (Lipinski definition) is 3. The summed E-state index contributed by atoms with van der Waals surface area (Å²) in [6, 6.07) is 6.07. The zero-order chi connectivity index (χ0) is 17.6. The Labute approximate surface area is 133 Å². The van der Waals surface area contributed by atoms with E-state index in [2.05, 4.69) is 0 Å². The van der Waals surface area contributed by atoms with E-state index in [0.29, 0.717) is 10.5 Å². The largest absolute Gasteiger partial charge is 0.415 e. The van der Waals surface area contributed by atoms with Gasteiger partial charge in [-0.25, -0.2) is 8.42 Å². The van der Waals surface area contributed by atoms with Crippen LogP contribution in [0.2, 0.25) is 0 Å². The van der Waals surface area contributed by atoms with Crippen LogP contribution >= 0.6 is 0 Å². The molecular formula is C15H18F3NO3S. The highest BCUT2D eigenvalue weighted by Gasteiger charge is 2.60. The summed E-state index contributed by atoms with van der Waals surface area (Å²) < 4.78 is 64.7. The molecule has 2 atom stereocenters. The van der Waals surface area contributed by atoms with Gasteiger partial charge in [0.05, 0.1) is 0 Å². The normalized spacial score (nSPS) is 23.3. The zero-order valence-electron chi connectivity index (χ0n) is 13.0. The van der Waals surface area contributed by atoms with Gasteiger partial charge in [0.1, 0.15) is 5.25 Å². The number of carbonyl (C=O) groups excluding carboxylic acids is 1. The van der Waals surface area contributed by atoms with E-state index in [1.54, 1.807) is 12.1 Å². The molecule has 1 heterocycles. The van der Waals surface area contributed by atoms with E-state index >= 15 is 0 Å². The van der Waals surface area contributed by atoms with Crippen molar-refractivity contribution in [3.63, 3.8) is 0 Å². The SMILES string of the molecule is C[C@H](C(=O)N1CCc2ccccc2[C@]1(C)C(F)(F)F)S(C)(=O)=O. The predicted octanol–water partition coefficient (Wildman–Crippen LogP) is 2.28. The van der Waals surface area contributed by atoms with Crippen LogP contribution < -0.4 is 0 Å². The maximum Gasteiger partial charge on any atom is 0.415 e. The van der Waals surface area contributed by atoms with Crippen LogP contribution in [0, 0.1) is 0 Å². The van der Waals surface area contributed by atoms with Crippen LogP contribution in [0.15, 0.2) is 24.3 Å². The minimum atomic E-state index is -4.73. The van der Waals surface area contributed by atoms with Crippen molar-refractivity contribution in [2.24, 2.45) is 0 Å². The molecule has 1 aromatic rings. The van der Waals surface area contributed by atoms with Gasteiger partial charge in [0.2, 0.25) is 5.91 Å².